The monoisotopic (exact) mass is 356 g/mol. The summed E-state index contributed by atoms with van der Waals surface area (Å²) in [5.41, 5.74) is 2.76. The molecule has 1 saturated carbocycles. The molecule has 2 aromatic rings. The predicted molar refractivity (Wildman–Crippen MR) is 102 cm³/mol. The number of benzene rings is 2. The van der Waals surface area contributed by atoms with Crippen LogP contribution in [0.2, 0.25) is 0 Å². The third kappa shape index (κ3) is 4.99. The number of ether oxygens (including phenoxy) is 2. The van der Waals surface area contributed by atoms with E-state index in [0.29, 0.717) is 25.0 Å². The van der Waals surface area contributed by atoms with Crippen molar-refractivity contribution < 1.29 is 19.7 Å². The first kappa shape index (κ1) is 18.7. The van der Waals surface area contributed by atoms with Crippen LogP contribution < -0.4 is 9.47 Å². The van der Waals surface area contributed by atoms with Gasteiger partial charge in [-0.15, -0.1) is 0 Å². The van der Waals surface area contributed by atoms with Gasteiger partial charge in [0.25, 0.3) is 0 Å². The summed E-state index contributed by atoms with van der Waals surface area (Å²) in [7, 11) is 0. The normalized spacial score (nSPS) is 19.9. The second kappa shape index (κ2) is 9.60. The van der Waals surface area contributed by atoms with Crippen LogP contribution in [0, 0.1) is 0 Å². The summed E-state index contributed by atoms with van der Waals surface area (Å²) in [6.45, 7) is 0.767. The molecule has 2 aromatic carbocycles. The Balaban J connectivity index is 1.52. The van der Waals surface area contributed by atoms with Crippen molar-refractivity contribution in [1.82, 2.24) is 0 Å². The zero-order valence-corrected chi connectivity index (χ0v) is 15.1. The molecule has 0 saturated heterocycles. The van der Waals surface area contributed by atoms with E-state index in [0.717, 1.165) is 11.5 Å². The molecule has 0 heterocycles. The van der Waals surface area contributed by atoms with E-state index in [1.54, 1.807) is 0 Å². The summed E-state index contributed by atoms with van der Waals surface area (Å²) in [5.74, 6) is 2.87. The lowest BCUT2D eigenvalue weighted by atomic mass is 9.76. The Labute approximate surface area is 155 Å². The Bertz CT molecular complexity index is 583. The average Bonchev–Trinajstić information content (AvgIpc) is 2.72. The molecule has 4 heteroatoms. The molecule has 0 bridgehead atoms. The van der Waals surface area contributed by atoms with Gasteiger partial charge in [-0.25, -0.2) is 0 Å². The lowest BCUT2D eigenvalue weighted by Gasteiger charge is -2.29. The fourth-order valence-corrected chi connectivity index (χ4v) is 3.76. The minimum Gasteiger partial charge on any atom is -0.491 e. The molecule has 0 amide bonds. The maximum atomic E-state index is 8.82. The molecule has 0 spiro atoms. The van der Waals surface area contributed by atoms with E-state index in [4.69, 9.17) is 19.7 Å². The van der Waals surface area contributed by atoms with E-state index in [2.05, 4.69) is 24.3 Å². The summed E-state index contributed by atoms with van der Waals surface area (Å²) in [6, 6.07) is 16.6. The molecule has 1 aliphatic carbocycles. The highest BCUT2D eigenvalue weighted by Crippen LogP contribution is 2.41. The van der Waals surface area contributed by atoms with Crippen molar-refractivity contribution in [2.75, 3.05) is 26.4 Å². The van der Waals surface area contributed by atoms with Gasteiger partial charge in [-0.05, 0) is 72.9 Å². The van der Waals surface area contributed by atoms with E-state index in [1.807, 2.05) is 24.3 Å². The van der Waals surface area contributed by atoms with Gasteiger partial charge in [0.2, 0.25) is 0 Å². The molecule has 140 valence electrons. The van der Waals surface area contributed by atoms with Crippen LogP contribution >= 0.6 is 0 Å². The van der Waals surface area contributed by atoms with Crippen molar-refractivity contribution >= 4 is 0 Å². The third-order valence-electron chi connectivity index (χ3n) is 5.15. The minimum atomic E-state index is 0.0420. The maximum absolute atomic E-state index is 8.82. The van der Waals surface area contributed by atoms with Gasteiger partial charge in [-0.1, -0.05) is 24.3 Å². The van der Waals surface area contributed by atoms with Gasteiger partial charge < -0.3 is 19.7 Å². The molecule has 0 atom stereocenters. The second-order valence-electron chi connectivity index (χ2n) is 6.83. The summed E-state index contributed by atoms with van der Waals surface area (Å²) < 4.78 is 10.9. The van der Waals surface area contributed by atoms with E-state index >= 15 is 0 Å². The summed E-state index contributed by atoms with van der Waals surface area (Å²) in [4.78, 5) is 0. The molecule has 0 radical (unpaired) electrons. The SMILES string of the molecule is OCCOc1ccc(C2CCC(c3ccc(OCCO)cc3)CC2)cc1. The molecule has 1 fully saturated rings. The van der Waals surface area contributed by atoms with Gasteiger partial charge in [0.05, 0.1) is 13.2 Å². The zero-order valence-electron chi connectivity index (χ0n) is 15.1. The van der Waals surface area contributed by atoms with Crippen LogP contribution in [0.5, 0.6) is 11.5 Å². The van der Waals surface area contributed by atoms with E-state index < -0.39 is 0 Å². The molecule has 0 aliphatic heterocycles. The molecule has 0 unspecified atom stereocenters. The van der Waals surface area contributed by atoms with Crippen LogP contribution in [-0.2, 0) is 0 Å². The number of rotatable bonds is 8. The highest BCUT2D eigenvalue weighted by Gasteiger charge is 2.23. The fraction of sp³-hybridized carbons (Fsp3) is 0.455. The molecular weight excluding hydrogens is 328 g/mol. The molecule has 1 aliphatic rings. The van der Waals surface area contributed by atoms with Gasteiger partial charge in [0.15, 0.2) is 0 Å². The Hall–Kier alpha value is -2.04. The topological polar surface area (TPSA) is 58.9 Å². The molecular formula is C22H28O4. The van der Waals surface area contributed by atoms with Crippen LogP contribution in [0.3, 0.4) is 0 Å². The smallest absolute Gasteiger partial charge is 0.119 e. The molecule has 26 heavy (non-hydrogen) atoms. The minimum absolute atomic E-state index is 0.0420. The quantitative estimate of drug-likeness (QED) is 0.754. The van der Waals surface area contributed by atoms with Crippen molar-refractivity contribution in [1.29, 1.82) is 0 Å². The van der Waals surface area contributed by atoms with Crippen LogP contribution in [0.15, 0.2) is 48.5 Å². The number of hydrogen-bond acceptors (Lipinski definition) is 4. The first-order valence-electron chi connectivity index (χ1n) is 9.47. The van der Waals surface area contributed by atoms with Crippen molar-refractivity contribution in [2.24, 2.45) is 0 Å². The Morgan fingerprint density at radius 1 is 0.615 bits per heavy atom. The van der Waals surface area contributed by atoms with Crippen LogP contribution in [-0.4, -0.2) is 36.6 Å². The maximum Gasteiger partial charge on any atom is 0.119 e. The number of aliphatic hydroxyl groups excluding tert-OH is 2. The zero-order chi connectivity index (χ0) is 18.2. The third-order valence-corrected chi connectivity index (χ3v) is 5.15. The first-order valence-corrected chi connectivity index (χ1v) is 9.47. The lowest BCUT2D eigenvalue weighted by molar-refractivity contribution is 0.201. The second-order valence-corrected chi connectivity index (χ2v) is 6.83. The highest BCUT2D eigenvalue weighted by atomic mass is 16.5. The van der Waals surface area contributed by atoms with Crippen molar-refractivity contribution in [3.8, 4) is 11.5 Å². The molecule has 2 N–H and O–H groups in total. The van der Waals surface area contributed by atoms with Gasteiger partial charge in [0, 0.05) is 0 Å². The van der Waals surface area contributed by atoms with Crippen molar-refractivity contribution in [3.63, 3.8) is 0 Å². The van der Waals surface area contributed by atoms with Crippen LogP contribution in [0.4, 0.5) is 0 Å². The van der Waals surface area contributed by atoms with E-state index in [1.165, 1.54) is 36.8 Å². The van der Waals surface area contributed by atoms with Crippen molar-refractivity contribution in [2.45, 2.75) is 37.5 Å². The molecule has 0 aromatic heterocycles. The van der Waals surface area contributed by atoms with Crippen molar-refractivity contribution in [3.05, 3.63) is 59.7 Å². The number of aliphatic hydroxyl groups is 2. The van der Waals surface area contributed by atoms with Gasteiger partial charge in [-0.2, -0.15) is 0 Å². The standard InChI is InChI=1S/C22H28O4/c23-13-15-25-21-9-5-19(6-10-21)17-1-2-18(4-3-17)20-7-11-22(12-8-20)26-16-14-24/h5-12,17-18,23-24H,1-4,13-16H2. The Morgan fingerprint density at radius 2 is 0.962 bits per heavy atom. The molecule has 3 rings (SSSR count). The van der Waals surface area contributed by atoms with Gasteiger partial charge in [-0.3, -0.25) is 0 Å². The van der Waals surface area contributed by atoms with Gasteiger partial charge >= 0.3 is 0 Å². The Kier molecular flexibility index (Phi) is 6.92. The Morgan fingerprint density at radius 3 is 1.27 bits per heavy atom. The lowest BCUT2D eigenvalue weighted by Crippen LogP contribution is -2.12. The van der Waals surface area contributed by atoms with E-state index in [9.17, 15) is 0 Å². The highest BCUT2D eigenvalue weighted by molar-refractivity contribution is 5.32. The summed E-state index contributed by atoms with van der Waals surface area (Å²) >= 11 is 0. The van der Waals surface area contributed by atoms with Crippen LogP contribution in [0.25, 0.3) is 0 Å². The summed E-state index contributed by atoms with van der Waals surface area (Å²) in [5, 5.41) is 17.6. The summed E-state index contributed by atoms with van der Waals surface area (Å²) in [6.07, 6.45) is 4.79. The largest absolute Gasteiger partial charge is 0.491 e. The predicted octanol–water partition coefficient (Wildman–Crippen LogP) is 3.87. The van der Waals surface area contributed by atoms with E-state index in [-0.39, 0.29) is 13.2 Å². The van der Waals surface area contributed by atoms with Crippen LogP contribution in [0.1, 0.15) is 48.6 Å². The fourth-order valence-electron chi connectivity index (χ4n) is 3.76. The first-order chi connectivity index (χ1) is 12.8. The molecule has 4 nitrogen and oxygen atoms in total. The van der Waals surface area contributed by atoms with Gasteiger partial charge in [0.1, 0.15) is 24.7 Å². The number of hydrogen-bond donors (Lipinski definition) is 2. The average molecular weight is 356 g/mol.